The number of hydrogen-bond donors (Lipinski definition) is 0. The molecule has 12 heavy (non-hydrogen) atoms. The van der Waals surface area contributed by atoms with Crippen LogP contribution in [0.15, 0.2) is 0 Å². The molecule has 0 aromatic heterocycles. The molecule has 4 saturated carbocycles. The molecule has 0 amide bonds. The van der Waals surface area contributed by atoms with E-state index in [4.69, 9.17) is 0 Å². The predicted octanol–water partition coefficient (Wildman–Crippen LogP) is 2.79. The first-order chi connectivity index (χ1) is 5.44. The summed E-state index contributed by atoms with van der Waals surface area (Å²) in [6.07, 6.45) is 4.67. The van der Waals surface area contributed by atoms with Gasteiger partial charge in [-0.3, -0.25) is 0 Å². The zero-order valence-corrected chi connectivity index (χ0v) is 11.1. The molecule has 4 aliphatic carbocycles. The number of hydrogen-bond acceptors (Lipinski definition) is 0. The molecule has 3 radical (unpaired) electrons. The van der Waals surface area contributed by atoms with E-state index in [1.807, 2.05) is 0 Å². The third kappa shape index (κ3) is 0.540. The van der Waals surface area contributed by atoms with Crippen molar-refractivity contribution in [1.29, 1.82) is 0 Å². The Labute approximate surface area is 88.6 Å². The summed E-state index contributed by atoms with van der Waals surface area (Å²) in [6.45, 7) is 7.60. The van der Waals surface area contributed by atoms with Crippen LogP contribution in [0.25, 0.3) is 0 Å². The van der Waals surface area contributed by atoms with Crippen molar-refractivity contribution in [3.8, 4) is 0 Å². The summed E-state index contributed by atoms with van der Waals surface area (Å²) in [5, 5.41) is 0. The average molecular weight is 268 g/mol. The second kappa shape index (κ2) is 1.78. The van der Waals surface area contributed by atoms with E-state index < -0.39 is 0 Å². The fraction of sp³-hybridized carbons (Fsp3) is 1.00. The van der Waals surface area contributed by atoms with Gasteiger partial charge in [-0.05, 0) is 0 Å². The third-order valence-electron chi connectivity index (χ3n) is 5.78. The first-order valence-corrected chi connectivity index (χ1v) is 6.80. The van der Waals surface area contributed by atoms with Crippen molar-refractivity contribution in [2.24, 2.45) is 22.2 Å². The molecular weight excluding hydrogens is 251 g/mol. The van der Waals surface area contributed by atoms with Crippen molar-refractivity contribution in [1.82, 2.24) is 0 Å². The maximum absolute atomic E-state index is 2.56. The van der Waals surface area contributed by atoms with Crippen LogP contribution in [-0.2, 0) is 0 Å². The number of rotatable bonds is 0. The van der Waals surface area contributed by atoms with E-state index in [0.29, 0.717) is 5.41 Å². The summed E-state index contributed by atoms with van der Waals surface area (Å²) >= 11 is 1.81. The summed E-state index contributed by atoms with van der Waals surface area (Å²) < 4.78 is 1.09. The van der Waals surface area contributed by atoms with Crippen LogP contribution < -0.4 is 0 Å². The molecular formula is C11H17Sn. The maximum atomic E-state index is 2.56. The SMILES string of the molecule is CC1(C)C2C[CH]([Sn])C3(C)CC13C2. The molecule has 0 saturated heterocycles. The second-order valence-corrected chi connectivity index (χ2v) is 8.08. The van der Waals surface area contributed by atoms with Crippen molar-refractivity contribution < 1.29 is 0 Å². The minimum absolute atomic E-state index is 0.703. The Bertz CT molecular complexity index is 258. The van der Waals surface area contributed by atoms with Crippen molar-refractivity contribution >= 4 is 22.5 Å². The first kappa shape index (κ1) is 8.14. The molecule has 1 heteroatoms. The fourth-order valence-electron chi connectivity index (χ4n) is 4.43. The molecule has 0 nitrogen and oxygen atoms in total. The Kier molecular flexibility index (Phi) is 1.21. The Hall–Kier alpha value is 0.799. The molecule has 4 atom stereocenters. The van der Waals surface area contributed by atoms with Crippen LogP contribution in [0.4, 0.5) is 0 Å². The van der Waals surface area contributed by atoms with Crippen molar-refractivity contribution in [2.75, 3.05) is 0 Å². The molecule has 0 aromatic carbocycles. The van der Waals surface area contributed by atoms with Gasteiger partial charge in [-0.15, -0.1) is 0 Å². The van der Waals surface area contributed by atoms with Gasteiger partial charge in [-0.2, -0.15) is 0 Å². The summed E-state index contributed by atoms with van der Waals surface area (Å²) in [7, 11) is 0. The zero-order valence-electron chi connectivity index (χ0n) is 8.28. The predicted molar refractivity (Wildman–Crippen MR) is 51.2 cm³/mol. The van der Waals surface area contributed by atoms with Gasteiger partial charge in [-0.1, -0.05) is 0 Å². The van der Waals surface area contributed by atoms with Gasteiger partial charge in [0.2, 0.25) is 0 Å². The van der Waals surface area contributed by atoms with Crippen LogP contribution >= 0.6 is 0 Å². The van der Waals surface area contributed by atoms with E-state index in [9.17, 15) is 0 Å². The van der Waals surface area contributed by atoms with Crippen LogP contribution in [0, 0.1) is 22.2 Å². The molecule has 0 heterocycles. The molecule has 4 rings (SSSR count). The van der Waals surface area contributed by atoms with Gasteiger partial charge in [-0.25, -0.2) is 0 Å². The van der Waals surface area contributed by atoms with E-state index >= 15 is 0 Å². The fourth-order valence-corrected chi connectivity index (χ4v) is 6.32. The average Bonchev–Trinajstić information content (AvgIpc) is 2.61. The number of fused-ring (bicyclic) bond motifs is 1. The molecule has 0 aliphatic heterocycles. The first-order valence-electron chi connectivity index (χ1n) is 5.15. The van der Waals surface area contributed by atoms with Gasteiger partial charge < -0.3 is 0 Å². The van der Waals surface area contributed by atoms with Gasteiger partial charge in [0.05, 0.1) is 0 Å². The zero-order chi connectivity index (χ0) is 8.78. The van der Waals surface area contributed by atoms with Crippen molar-refractivity contribution in [3.05, 3.63) is 0 Å². The molecule has 4 unspecified atom stereocenters. The van der Waals surface area contributed by atoms with E-state index in [1.54, 1.807) is 41.8 Å². The van der Waals surface area contributed by atoms with Gasteiger partial charge in [0, 0.05) is 0 Å². The summed E-state index contributed by atoms with van der Waals surface area (Å²) in [5.41, 5.74) is 2.30. The van der Waals surface area contributed by atoms with Gasteiger partial charge >= 0.3 is 88.7 Å². The van der Waals surface area contributed by atoms with E-state index in [0.717, 1.165) is 20.7 Å². The molecule has 4 fully saturated rings. The molecule has 4 aliphatic rings. The second-order valence-electron chi connectivity index (χ2n) is 6.09. The van der Waals surface area contributed by atoms with Crippen molar-refractivity contribution in [2.45, 2.75) is 44.0 Å². The summed E-state index contributed by atoms with van der Waals surface area (Å²) in [4.78, 5) is 0. The molecule has 0 N–H and O–H groups in total. The molecule has 0 aromatic rings. The standard InChI is InChI=1S/C11H17.Sn/c1-9(2)8-4-5-10(3)7-11(9,10)6-8;/h5,8H,4,6-7H2,1-3H3;. The van der Waals surface area contributed by atoms with Crippen LogP contribution in [0.1, 0.15) is 40.0 Å². The van der Waals surface area contributed by atoms with Crippen LogP contribution in [0.5, 0.6) is 0 Å². The van der Waals surface area contributed by atoms with Crippen LogP contribution in [0.3, 0.4) is 0 Å². The third-order valence-corrected chi connectivity index (χ3v) is 8.27. The van der Waals surface area contributed by atoms with Gasteiger partial charge in [0.1, 0.15) is 0 Å². The molecule has 1 spiro atoms. The quantitative estimate of drug-likeness (QED) is 0.592. The Morgan fingerprint density at radius 3 is 2.42 bits per heavy atom. The Balaban J connectivity index is 2.05. The normalized spacial score (nSPS) is 65.0. The van der Waals surface area contributed by atoms with E-state index in [2.05, 4.69) is 20.8 Å². The van der Waals surface area contributed by atoms with E-state index in [1.165, 1.54) is 0 Å². The topological polar surface area (TPSA) is 0 Å². The monoisotopic (exact) mass is 269 g/mol. The van der Waals surface area contributed by atoms with Crippen LogP contribution in [-0.4, -0.2) is 22.5 Å². The summed E-state index contributed by atoms with van der Waals surface area (Å²) in [6, 6.07) is 0. The van der Waals surface area contributed by atoms with Gasteiger partial charge in [0.15, 0.2) is 0 Å². The van der Waals surface area contributed by atoms with E-state index in [-0.39, 0.29) is 0 Å². The molecule has 65 valence electrons. The Morgan fingerprint density at radius 2 is 1.92 bits per heavy atom. The minimum atomic E-state index is 0.703. The Morgan fingerprint density at radius 1 is 1.25 bits per heavy atom. The van der Waals surface area contributed by atoms with Crippen LogP contribution in [0.2, 0.25) is 3.93 Å². The molecule has 2 bridgehead atoms. The van der Waals surface area contributed by atoms with Gasteiger partial charge in [0.25, 0.3) is 0 Å². The summed E-state index contributed by atoms with van der Waals surface area (Å²) in [5.74, 6) is 1.08. The van der Waals surface area contributed by atoms with Crippen molar-refractivity contribution in [3.63, 3.8) is 0 Å².